The molecule has 2 rings (SSSR count). The summed E-state index contributed by atoms with van der Waals surface area (Å²) in [5.74, 6) is 0.735. The fourth-order valence-electron chi connectivity index (χ4n) is 2.36. The van der Waals surface area contributed by atoms with Crippen molar-refractivity contribution in [2.75, 3.05) is 20.2 Å². The Hall–Kier alpha value is -1.06. The largest absolute Gasteiger partial charge is 0.495 e. The number of hydrogen-bond acceptors (Lipinski definition) is 3. The summed E-state index contributed by atoms with van der Waals surface area (Å²) in [5.41, 5.74) is 0.407. The SMILES string of the molecule is COc1cc(C(=O)C2(C)CCNCC2)ccc1Cl. The Balaban J connectivity index is 2.27. The highest BCUT2D eigenvalue weighted by Gasteiger charge is 2.35. The van der Waals surface area contributed by atoms with Gasteiger partial charge in [0.1, 0.15) is 5.75 Å². The van der Waals surface area contributed by atoms with Crippen molar-refractivity contribution >= 4 is 17.4 Å². The van der Waals surface area contributed by atoms with Crippen LogP contribution < -0.4 is 10.1 Å². The van der Waals surface area contributed by atoms with E-state index in [2.05, 4.69) is 5.32 Å². The zero-order valence-corrected chi connectivity index (χ0v) is 11.5. The second-order valence-corrected chi connectivity index (χ2v) is 5.40. The van der Waals surface area contributed by atoms with Gasteiger partial charge in [-0.05, 0) is 44.1 Å². The topological polar surface area (TPSA) is 38.3 Å². The molecule has 1 aliphatic rings. The van der Waals surface area contributed by atoms with Crippen molar-refractivity contribution in [3.63, 3.8) is 0 Å². The molecule has 0 atom stereocenters. The summed E-state index contributed by atoms with van der Waals surface area (Å²) in [6.07, 6.45) is 1.74. The van der Waals surface area contributed by atoms with Crippen molar-refractivity contribution < 1.29 is 9.53 Å². The lowest BCUT2D eigenvalue weighted by atomic mass is 9.75. The van der Waals surface area contributed by atoms with E-state index in [-0.39, 0.29) is 11.2 Å². The van der Waals surface area contributed by atoms with E-state index in [1.807, 2.05) is 6.92 Å². The Morgan fingerprint density at radius 1 is 1.39 bits per heavy atom. The van der Waals surface area contributed by atoms with Gasteiger partial charge in [0.05, 0.1) is 12.1 Å². The maximum Gasteiger partial charge on any atom is 0.168 e. The minimum absolute atomic E-state index is 0.180. The monoisotopic (exact) mass is 267 g/mol. The average molecular weight is 268 g/mol. The van der Waals surface area contributed by atoms with Gasteiger partial charge in [0.2, 0.25) is 0 Å². The molecule has 1 N–H and O–H groups in total. The van der Waals surface area contributed by atoms with Crippen molar-refractivity contribution in [1.82, 2.24) is 5.32 Å². The Kier molecular flexibility index (Phi) is 3.93. The molecule has 1 aromatic rings. The number of hydrogen-bond donors (Lipinski definition) is 1. The molecule has 3 nitrogen and oxygen atoms in total. The van der Waals surface area contributed by atoms with Gasteiger partial charge in [0.25, 0.3) is 0 Å². The number of Topliss-reactive ketones (excluding diaryl/α,β-unsaturated/α-hetero) is 1. The molecule has 0 aliphatic carbocycles. The Morgan fingerprint density at radius 3 is 2.67 bits per heavy atom. The number of ether oxygens (including phenoxy) is 1. The molecule has 1 saturated heterocycles. The second kappa shape index (κ2) is 5.29. The third-order valence-electron chi connectivity index (χ3n) is 3.67. The highest BCUT2D eigenvalue weighted by atomic mass is 35.5. The molecule has 0 unspecified atom stereocenters. The first-order chi connectivity index (χ1) is 8.57. The standard InChI is InChI=1S/C14H18ClNO2/c1-14(5-7-16-8-6-14)13(17)10-3-4-11(15)12(9-10)18-2/h3-4,9,16H,5-8H2,1-2H3. The van der Waals surface area contributed by atoms with Gasteiger partial charge in [-0.15, -0.1) is 0 Å². The third-order valence-corrected chi connectivity index (χ3v) is 3.98. The van der Waals surface area contributed by atoms with Crippen LogP contribution in [0.15, 0.2) is 18.2 Å². The van der Waals surface area contributed by atoms with Gasteiger partial charge in [0.15, 0.2) is 5.78 Å². The summed E-state index contributed by atoms with van der Waals surface area (Å²) < 4.78 is 5.16. The maximum atomic E-state index is 12.6. The predicted molar refractivity (Wildman–Crippen MR) is 72.5 cm³/mol. The van der Waals surface area contributed by atoms with E-state index in [1.54, 1.807) is 25.3 Å². The lowest BCUT2D eigenvalue weighted by Gasteiger charge is -2.32. The number of methoxy groups -OCH3 is 1. The minimum atomic E-state index is -0.274. The van der Waals surface area contributed by atoms with Crippen LogP contribution in [-0.2, 0) is 0 Å². The van der Waals surface area contributed by atoms with E-state index in [9.17, 15) is 4.79 Å². The number of nitrogens with one attached hydrogen (secondary N) is 1. The molecule has 18 heavy (non-hydrogen) atoms. The second-order valence-electron chi connectivity index (χ2n) is 4.99. The molecule has 1 fully saturated rings. The van der Waals surface area contributed by atoms with Crippen LogP contribution in [0.25, 0.3) is 0 Å². The van der Waals surface area contributed by atoms with E-state index in [1.165, 1.54) is 0 Å². The number of halogens is 1. The van der Waals surface area contributed by atoms with Gasteiger partial charge in [-0.3, -0.25) is 4.79 Å². The highest BCUT2D eigenvalue weighted by molar-refractivity contribution is 6.32. The third kappa shape index (κ3) is 2.52. The summed E-state index contributed by atoms with van der Waals surface area (Å²) >= 11 is 5.98. The van der Waals surface area contributed by atoms with Gasteiger partial charge >= 0.3 is 0 Å². The van der Waals surface area contributed by atoms with Crippen molar-refractivity contribution in [2.45, 2.75) is 19.8 Å². The van der Waals surface area contributed by atoms with E-state index in [4.69, 9.17) is 16.3 Å². The number of carbonyl (C=O) groups is 1. The molecule has 0 saturated carbocycles. The molecule has 1 aromatic carbocycles. The van der Waals surface area contributed by atoms with Crippen LogP contribution in [0.2, 0.25) is 5.02 Å². The summed E-state index contributed by atoms with van der Waals surface area (Å²) in [6.45, 7) is 3.83. The summed E-state index contributed by atoms with van der Waals surface area (Å²) in [6, 6.07) is 5.23. The molecule has 0 amide bonds. The first kappa shape index (κ1) is 13.4. The van der Waals surface area contributed by atoms with E-state index < -0.39 is 0 Å². The van der Waals surface area contributed by atoms with Gasteiger partial charge < -0.3 is 10.1 Å². The molecule has 0 radical (unpaired) electrons. The average Bonchev–Trinajstić information content (AvgIpc) is 2.39. The quantitative estimate of drug-likeness (QED) is 0.856. The fourth-order valence-corrected chi connectivity index (χ4v) is 2.55. The van der Waals surface area contributed by atoms with E-state index in [0.717, 1.165) is 25.9 Å². The summed E-state index contributed by atoms with van der Waals surface area (Å²) in [7, 11) is 1.56. The predicted octanol–water partition coefficient (Wildman–Crippen LogP) is 2.92. The molecule has 1 heterocycles. The first-order valence-electron chi connectivity index (χ1n) is 6.16. The Bertz CT molecular complexity index is 453. The van der Waals surface area contributed by atoms with Crippen LogP contribution >= 0.6 is 11.6 Å². The maximum absolute atomic E-state index is 12.6. The molecule has 0 bridgehead atoms. The van der Waals surface area contributed by atoms with Crippen LogP contribution in [0, 0.1) is 5.41 Å². The van der Waals surface area contributed by atoms with Crippen LogP contribution in [0.3, 0.4) is 0 Å². The number of carbonyl (C=O) groups excluding carboxylic acids is 1. The van der Waals surface area contributed by atoms with Gasteiger partial charge in [-0.2, -0.15) is 0 Å². The molecule has 0 aromatic heterocycles. The molecular formula is C14H18ClNO2. The van der Waals surface area contributed by atoms with Crippen LogP contribution in [-0.4, -0.2) is 26.0 Å². The minimum Gasteiger partial charge on any atom is -0.495 e. The van der Waals surface area contributed by atoms with Crippen molar-refractivity contribution in [1.29, 1.82) is 0 Å². The van der Waals surface area contributed by atoms with Gasteiger partial charge in [-0.1, -0.05) is 18.5 Å². The Morgan fingerprint density at radius 2 is 2.06 bits per heavy atom. The lowest BCUT2D eigenvalue weighted by molar-refractivity contribution is 0.0762. The van der Waals surface area contributed by atoms with Gasteiger partial charge in [-0.25, -0.2) is 0 Å². The van der Waals surface area contributed by atoms with Crippen molar-refractivity contribution in [3.8, 4) is 5.75 Å². The van der Waals surface area contributed by atoms with Crippen LogP contribution in [0.1, 0.15) is 30.1 Å². The molecule has 4 heteroatoms. The number of piperidine rings is 1. The highest BCUT2D eigenvalue weighted by Crippen LogP contribution is 2.34. The molecular weight excluding hydrogens is 250 g/mol. The normalized spacial score (nSPS) is 18.4. The van der Waals surface area contributed by atoms with Crippen LogP contribution in [0.5, 0.6) is 5.75 Å². The first-order valence-corrected chi connectivity index (χ1v) is 6.54. The zero-order valence-electron chi connectivity index (χ0n) is 10.8. The van der Waals surface area contributed by atoms with Gasteiger partial charge in [0, 0.05) is 11.0 Å². The van der Waals surface area contributed by atoms with Crippen molar-refractivity contribution in [3.05, 3.63) is 28.8 Å². The number of benzene rings is 1. The molecule has 0 spiro atoms. The fraction of sp³-hybridized carbons (Fsp3) is 0.500. The molecule has 1 aliphatic heterocycles. The summed E-state index contributed by atoms with van der Waals surface area (Å²) in [4.78, 5) is 12.6. The van der Waals surface area contributed by atoms with Crippen molar-refractivity contribution in [2.24, 2.45) is 5.41 Å². The van der Waals surface area contributed by atoms with E-state index in [0.29, 0.717) is 16.3 Å². The molecule has 98 valence electrons. The lowest BCUT2D eigenvalue weighted by Crippen LogP contribution is -2.40. The van der Waals surface area contributed by atoms with E-state index >= 15 is 0 Å². The Labute approximate surface area is 112 Å². The van der Waals surface area contributed by atoms with Crippen LogP contribution in [0.4, 0.5) is 0 Å². The zero-order chi connectivity index (χ0) is 13.2. The smallest absolute Gasteiger partial charge is 0.168 e. The number of ketones is 1. The summed E-state index contributed by atoms with van der Waals surface area (Å²) in [5, 5.41) is 3.81. The number of rotatable bonds is 3.